The van der Waals surface area contributed by atoms with Crippen LogP contribution in [0.3, 0.4) is 0 Å². The standard InChI is InChI=1S/C20H25N7/c1-15-23-16(13-19(24-15)25-18-8-3-5-9-21-18)17-7-4-6-11-27(17)14-20-22-10-12-26(20)2/h3,5,8-10,12-13,17H,4,6-7,11,14H2,1-2H3,(H,21,23,24,25)/t17-/m1/s1. The Morgan fingerprint density at radius 2 is 2.04 bits per heavy atom. The Bertz CT molecular complexity index is 890. The van der Waals surface area contributed by atoms with E-state index in [2.05, 4.69) is 35.8 Å². The van der Waals surface area contributed by atoms with Gasteiger partial charge in [-0.2, -0.15) is 0 Å². The molecule has 1 aliphatic rings. The highest BCUT2D eigenvalue weighted by atomic mass is 15.2. The van der Waals surface area contributed by atoms with Gasteiger partial charge in [-0.05, 0) is 38.4 Å². The number of anilines is 2. The number of imidazole rings is 1. The predicted molar refractivity (Wildman–Crippen MR) is 104 cm³/mol. The van der Waals surface area contributed by atoms with Gasteiger partial charge in [-0.3, -0.25) is 4.90 Å². The first-order valence-electron chi connectivity index (χ1n) is 9.43. The van der Waals surface area contributed by atoms with Crippen molar-refractivity contribution in [3.8, 4) is 0 Å². The molecule has 0 amide bonds. The minimum atomic E-state index is 0.279. The molecule has 1 N–H and O–H groups in total. The van der Waals surface area contributed by atoms with E-state index in [4.69, 9.17) is 4.98 Å². The third-order valence-electron chi connectivity index (χ3n) is 5.00. The number of pyridine rings is 1. The van der Waals surface area contributed by atoms with Gasteiger partial charge in [0, 0.05) is 31.7 Å². The summed E-state index contributed by atoms with van der Waals surface area (Å²) in [5.41, 5.74) is 1.06. The Labute approximate surface area is 159 Å². The van der Waals surface area contributed by atoms with E-state index in [1.165, 1.54) is 12.8 Å². The summed E-state index contributed by atoms with van der Waals surface area (Å²) in [6, 6.07) is 8.13. The van der Waals surface area contributed by atoms with Crippen LogP contribution >= 0.6 is 0 Å². The molecule has 1 aliphatic heterocycles. The van der Waals surface area contributed by atoms with Gasteiger partial charge in [-0.1, -0.05) is 12.5 Å². The van der Waals surface area contributed by atoms with Crippen LogP contribution < -0.4 is 5.32 Å². The SMILES string of the molecule is Cc1nc(Nc2ccccn2)cc([C@H]2CCCCN2Cc2nccn2C)n1. The minimum absolute atomic E-state index is 0.279. The number of nitrogens with one attached hydrogen (secondary N) is 1. The largest absolute Gasteiger partial charge is 0.337 e. The Balaban J connectivity index is 1.59. The van der Waals surface area contributed by atoms with Crippen LogP contribution in [0.15, 0.2) is 42.9 Å². The molecule has 0 bridgehead atoms. The summed E-state index contributed by atoms with van der Waals surface area (Å²) in [4.78, 5) is 20.6. The Hall–Kier alpha value is -2.80. The van der Waals surface area contributed by atoms with E-state index >= 15 is 0 Å². The second-order valence-corrected chi connectivity index (χ2v) is 7.00. The Kier molecular flexibility index (Phi) is 5.11. The fourth-order valence-electron chi connectivity index (χ4n) is 3.64. The highest BCUT2D eigenvalue weighted by Gasteiger charge is 2.26. The number of likely N-dealkylation sites (tertiary alicyclic amines) is 1. The van der Waals surface area contributed by atoms with Crippen molar-refractivity contribution >= 4 is 11.6 Å². The molecule has 0 saturated carbocycles. The average Bonchev–Trinajstić information content (AvgIpc) is 3.07. The molecule has 1 fully saturated rings. The molecule has 1 saturated heterocycles. The van der Waals surface area contributed by atoms with Gasteiger partial charge >= 0.3 is 0 Å². The normalized spacial score (nSPS) is 17.8. The summed E-state index contributed by atoms with van der Waals surface area (Å²) in [6.07, 6.45) is 9.16. The fourth-order valence-corrected chi connectivity index (χ4v) is 3.64. The summed E-state index contributed by atoms with van der Waals surface area (Å²) in [6.45, 7) is 3.84. The molecule has 0 radical (unpaired) electrons. The molecular formula is C20H25N7. The van der Waals surface area contributed by atoms with Crippen molar-refractivity contribution in [1.29, 1.82) is 0 Å². The molecule has 27 heavy (non-hydrogen) atoms. The summed E-state index contributed by atoms with van der Waals surface area (Å²) < 4.78 is 2.09. The minimum Gasteiger partial charge on any atom is -0.337 e. The van der Waals surface area contributed by atoms with Gasteiger partial charge in [0.1, 0.15) is 23.3 Å². The van der Waals surface area contributed by atoms with Gasteiger partial charge in [0.25, 0.3) is 0 Å². The van der Waals surface area contributed by atoms with Gasteiger partial charge in [-0.15, -0.1) is 0 Å². The zero-order valence-corrected chi connectivity index (χ0v) is 15.8. The quantitative estimate of drug-likeness (QED) is 0.749. The van der Waals surface area contributed by atoms with Crippen LogP contribution in [0.4, 0.5) is 11.6 Å². The monoisotopic (exact) mass is 363 g/mol. The van der Waals surface area contributed by atoms with Crippen LogP contribution in [0.5, 0.6) is 0 Å². The van der Waals surface area contributed by atoms with Crippen LogP contribution in [0.25, 0.3) is 0 Å². The van der Waals surface area contributed by atoms with E-state index in [1.54, 1.807) is 6.20 Å². The molecule has 7 heteroatoms. The van der Waals surface area contributed by atoms with Crippen LogP contribution in [0.1, 0.15) is 42.6 Å². The smallest absolute Gasteiger partial charge is 0.135 e. The first-order chi connectivity index (χ1) is 13.2. The summed E-state index contributed by atoms with van der Waals surface area (Å²) >= 11 is 0. The molecule has 7 nitrogen and oxygen atoms in total. The maximum atomic E-state index is 4.76. The molecule has 0 aromatic carbocycles. The Morgan fingerprint density at radius 3 is 2.81 bits per heavy atom. The first-order valence-corrected chi connectivity index (χ1v) is 9.43. The van der Waals surface area contributed by atoms with Crippen molar-refractivity contribution in [1.82, 2.24) is 29.4 Å². The van der Waals surface area contributed by atoms with E-state index in [9.17, 15) is 0 Å². The number of hydrogen-bond acceptors (Lipinski definition) is 6. The maximum Gasteiger partial charge on any atom is 0.135 e. The van der Waals surface area contributed by atoms with Crippen molar-refractivity contribution in [2.45, 2.75) is 38.8 Å². The lowest BCUT2D eigenvalue weighted by Crippen LogP contribution is -2.34. The van der Waals surface area contributed by atoms with Crippen molar-refractivity contribution in [2.24, 2.45) is 7.05 Å². The number of aromatic nitrogens is 5. The van der Waals surface area contributed by atoms with Gasteiger partial charge in [0.2, 0.25) is 0 Å². The molecule has 3 aromatic heterocycles. The molecule has 0 spiro atoms. The second-order valence-electron chi connectivity index (χ2n) is 7.00. The molecule has 0 unspecified atom stereocenters. The lowest BCUT2D eigenvalue weighted by molar-refractivity contribution is 0.132. The zero-order valence-electron chi connectivity index (χ0n) is 15.8. The Morgan fingerprint density at radius 1 is 1.11 bits per heavy atom. The van der Waals surface area contributed by atoms with Gasteiger partial charge < -0.3 is 9.88 Å². The first kappa shape index (κ1) is 17.6. The van der Waals surface area contributed by atoms with Gasteiger partial charge in [0.05, 0.1) is 18.3 Å². The second kappa shape index (κ2) is 7.84. The van der Waals surface area contributed by atoms with Crippen molar-refractivity contribution in [3.63, 3.8) is 0 Å². The van der Waals surface area contributed by atoms with Crippen molar-refractivity contribution in [3.05, 3.63) is 60.2 Å². The summed E-state index contributed by atoms with van der Waals surface area (Å²) in [5, 5.41) is 3.30. The number of rotatable bonds is 5. The van der Waals surface area contributed by atoms with Crippen molar-refractivity contribution < 1.29 is 0 Å². The number of nitrogens with zero attached hydrogens (tertiary/aromatic N) is 6. The van der Waals surface area contributed by atoms with E-state index in [-0.39, 0.29) is 6.04 Å². The molecule has 4 heterocycles. The molecule has 140 valence electrons. The van der Waals surface area contributed by atoms with Crippen LogP contribution in [0, 0.1) is 6.92 Å². The number of hydrogen-bond donors (Lipinski definition) is 1. The highest BCUT2D eigenvalue weighted by molar-refractivity contribution is 5.51. The van der Waals surface area contributed by atoms with E-state index in [0.29, 0.717) is 0 Å². The van der Waals surface area contributed by atoms with E-state index in [0.717, 1.165) is 48.5 Å². The molecule has 1 atom stereocenters. The van der Waals surface area contributed by atoms with E-state index < -0.39 is 0 Å². The topological polar surface area (TPSA) is 71.8 Å². The van der Waals surface area contributed by atoms with E-state index in [1.807, 2.05) is 44.6 Å². The predicted octanol–water partition coefficient (Wildman–Crippen LogP) is 3.38. The van der Waals surface area contributed by atoms with Crippen molar-refractivity contribution in [2.75, 3.05) is 11.9 Å². The third kappa shape index (κ3) is 4.14. The lowest BCUT2D eigenvalue weighted by atomic mass is 9.99. The number of piperidine rings is 1. The molecular weight excluding hydrogens is 338 g/mol. The molecule has 4 rings (SSSR count). The van der Waals surface area contributed by atoms with Gasteiger partial charge in [-0.25, -0.2) is 19.9 Å². The molecule has 3 aromatic rings. The average molecular weight is 363 g/mol. The summed E-state index contributed by atoms with van der Waals surface area (Å²) in [7, 11) is 2.05. The lowest BCUT2D eigenvalue weighted by Gasteiger charge is -2.35. The van der Waals surface area contributed by atoms with Crippen LogP contribution in [0.2, 0.25) is 0 Å². The summed E-state index contributed by atoms with van der Waals surface area (Å²) in [5.74, 6) is 3.43. The highest BCUT2D eigenvalue weighted by Crippen LogP contribution is 2.32. The third-order valence-corrected chi connectivity index (χ3v) is 5.00. The maximum absolute atomic E-state index is 4.76. The van der Waals surface area contributed by atoms with Crippen LogP contribution in [-0.4, -0.2) is 35.9 Å². The van der Waals surface area contributed by atoms with Gasteiger partial charge in [0.15, 0.2) is 0 Å². The fraction of sp³-hybridized carbons (Fsp3) is 0.400. The van der Waals surface area contributed by atoms with Crippen LogP contribution in [-0.2, 0) is 13.6 Å². The molecule has 0 aliphatic carbocycles. The number of aryl methyl sites for hydroxylation is 2. The zero-order chi connectivity index (χ0) is 18.6.